The SMILES string of the molecule is COC(=O)CNS(=O)(=O)c1ccc(C#Cc2ccc(OCc3ccccc3)cc2)cc1. The molecule has 0 unspecified atom stereocenters. The van der Waals surface area contributed by atoms with Gasteiger partial charge in [0.15, 0.2) is 0 Å². The van der Waals surface area contributed by atoms with Gasteiger partial charge in [0, 0.05) is 11.1 Å². The number of sulfonamides is 1. The summed E-state index contributed by atoms with van der Waals surface area (Å²) in [5.74, 6) is 6.12. The highest BCUT2D eigenvalue weighted by atomic mass is 32.2. The van der Waals surface area contributed by atoms with Crippen LogP contribution in [0, 0.1) is 11.8 Å². The van der Waals surface area contributed by atoms with Crippen molar-refractivity contribution in [3.8, 4) is 17.6 Å². The molecular weight excluding hydrogens is 414 g/mol. The second-order valence-electron chi connectivity index (χ2n) is 6.47. The summed E-state index contributed by atoms with van der Waals surface area (Å²) < 4.78 is 36.7. The summed E-state index contributed by atoms with van der Waals surface area (Å²) in [6.07, 6.45) is 0. The van der Waals surface area contributed by atoms with E-state index in [0.29, 0.717) is 12.2 Å². The van der Waals surface area contributed by atoms with E-state index in [4.69, 9.17) is 4.74 Å². The highest BCUT2D eigenvalue weighted by Gasteiger charge is 2.15. The molecule has 0 saturated heterocycles. The molecule has 0 aliphatic heterocycles. The number of esters is 1. The van der Waals surface area contributed by atoms with E-state index in [2.05, 4.69) is 21.3 Å². The summed E-state index contributed by atoms with van der Waals surface area (Å²) in [7, 11) is -2.60. The van der Waals surface area contributed by atoms with Crippen molar-refractivity contribution < 1.29 is 22.7 Å². The van der Waals surface area contributed by atoms with E-state index in [-0.39, 0.29) is 4.90 Å². The van der Waals surface area contributed by atoms with Gasteiger partial charge in [0.2, 0.25) is 10.0 Å². The minimum Gasteiger partial charge on any atom is -0.489 e. The summed E-state index contributed by atoms with van der Waals surface area (Å²) in [6.45, 7) is 0.0705. The van der Waals surface area contributed by atoms with Gasteiger partial charge in [-0.25, -0.2) is 8.42 Å². The molecule has 3 aromatic carbocycles. The van der Waals surface area contributed by atoms with Crippen molar-refractivity contribution in [3.63, 3.8) is 0 Å². The van der Waals surface area contributed by atoms with Crippen LogP contribution in [-0.2, 0) is 26.2 Å². The zero-order valence-electron chi connectivity index (χ0n) is 16.9. The van der Waals surface area contributed by atoms with Crippen molar-refractivity contribution in [2.24, 2.45) is 0 Å². The predicted octanol–water partition coefficient (Wildman–Crippen LogP) is 3.12. The molecule has 6 nitrogen and oxygen atoms in total. The summed E-state index contributed by atoms with van der Waals surface area (Å²) >= 11 is 0. The van der Waals surface area contributed by atoms with Crippen molar-refractivity contribution in [2.75, 3.05) is 13.7 Å². The second kappa shape index (κ2) is 10.4. The second-order valence-corrected chi connectivity index (χ2v) is 8.24. The number of carbonyl (C=O) groups excluding carboxylic acids is 1. The molecule has 0 radical (unpaired) electrons. The molecule has 0 aliphatic rings. The van der Waals surface area contributed by atoms with E-state index < -0.39 is 22.5 Å². The molecule has 0 bridgehead atoms. The molecule has 0 saturated carbocycles. The number of benzene rings is 3. The summed E-state index contributed by atoms with van der Waals surface area (Å²) in [4.78, 5) is 11.2. The largest absolute Gasteiger partial charge is 0.489 e. The molecular formula is C24H21NO5S. The Morgan fingerprint density at radius 3 is 2.03 bits per heavy atom. The molecule has 0 aliphatic carbocycles. The summed E-state index contributed by atoms with van der Waals surface area (Å²) in [5.41, 5.74) is 2.57. The third-order valence-corrected chi connectivity index (χ3v) is 5.67. The van der Waals surface area contributed by atoms with Crippen molar-refractivity contribution >= 4 is 16.0 Å². The van der Waals surface area contributed by atoms with Crippen LogP contribution >= 0.6 is 0 Å². The summed E-state index contributed by atoms with van der Waals surface area (Å²) in [6, 6.07) is 23.4. The maximum absolute atomic E-state index is 12.2. The third kappa shape index (κ3) is 6.71. The van der Waals surface area contributed by atoms with E-state index in [9.17, 15) is 13.2 Å². The highest BCUT2D eigenvalue weighted by molar-refractivity contribution is 7.89. The van der Waals surface area contributed by atoms with Gasteiger partial charge in [0.05, 0.1) is 12.0 Å². The minimum atomic E-state index is -3.79. The van der Waals surface area contributed by atoms with Crippen LogP contribution in [-0.4, -0.2) is 28.0 Å². The van der Waals surface area contributed by atoms with Gasteiger partial charge in [0.1, 0.15) is 18.9 Å². The van der Waals surface area contributed by atoms with E-state index in [0.717, 1.165) is 16.9 Å². The van der Waals surface area contributed by atoms with Crippen molar-refractivity contribution in [3.05, 3.63) is 95.6 Å². The van der Waals surface area contributed by atoms with E-state index in [1.165, 1.54) is 19.2 Å². The fourth-order valence-corrected chi connectivity index (χ4v) is 3.52. The maximum Gasteiger partial charge on any atom is 0.320 e. The van der Waals surface area contributed by atoms with Crippen LogP contribution in [0.5, 0.6) is 5.75 Å². The Bertz CT molecular complexity index is 1180. The molecule has 0 atom stereocenters. The zero-order valence-corrected chi connectivity index (χ0v) is 17.7. The first-order chi connectivity index (χ1) is 15.0. The Hall–Kier alpha value is -3.60. The normalized spacial score (nSPS) is 10.6. The van der Waals surface area contributed by atoms with Crippen LogP contribution in [0.2, 0.25) is 0 Å². The number of methoxy groups -OCH3 is 1. The number of carbonyl (C=O) groups is 1. The summed E-state index contributed by atoms with van der Waals surface area (Å²) in [5, 5.41) is 0. The molecule has 1 N–H and O–H groups in total. The molecule has 0 fully saturated rings. The van der Waals surface area contributed by atoms with Gasteiger partial charge in [-0.2, -0.15) is 4.72 Å². The van der Waals surface area contributed by atoms with Crippen molar-refractivity contribution in [1.29, 1.82) is 0 Å². The maximum atomic E-state index is 12.2. The number of hydrogen-bond acceptors (Lipinski definition) is 5. The van der Waals surface area contributed by atoms with Crippen molar-refractivity contribution in [1.82, 2.24) is 4.72 Å². The molecule has 3 aromatic rings. The lowest BCUT2D eigenvalue weighted by atomic mass is 10.2. The smallest absolute Gasteiger partial charge is 0.320 e. The first-order valence-electron chi connectivity index (χ1n) is 9.41. The molecule has 31 heavy (non-hydrogen) atoms. The third-order valence-electron chi connectivity index (χ3n) is 4.25. The minimum absolute atomic E-state index is 0.0434. The molecule has 3 rings (SSSR count). The number of hydrogen-bond donors (Lipinski definition) is 1. The fourth-order valence-electron chi connectivity index (χ4n) is 2.55. The molecule has 0 aromatic heterocycles. The van der Waals surface area contributed by atoms with Crippen LogP contribution in [0.1, 0.15) is 16.7 Å². The van der Waals surface area contributed by atoms with Gasteiger partial charge in [-0.3, -0.25) is 4.79 Å². The average Bonchev–Trinajstić information content (AvgIpc) is 2.81. The molecule has 0 heterocycles. The Morgan fingerprint density at radius 2 is 1.45 bits per heavy atom. The Labute approximate surface area is 181 Å². The first-order valence-corrected chi connectivity index (χ1v) is 10.9. The Morgan fingerprint density at radius 1 is 0.871 bits per heavy atom. The van der Waals surface area contributed by atoms with Gasteiger partial charge in [0.25, 0.3) is 0 Å². The Balaban J connectivity index is 1.59. The number of ether oxygens (including phenoxy) is 2. The van der Waals surface area contributed by atoms with Crippen LogP contribution in [0.4, 0.5) is 0 Å². The topological polar surface area (TPSA) is 81.7 Å². The van der Waals surface area contributed by atoms with Gasteiger partial charge in [-0.1, -0.05) is 42.2 Å². The van der Waals surface area contributed by atoms with Gasteiger partial charge >= 0.3 is 5.97 Å². The van der Waals surface area contributed by atoms with Gasteiger partial charge < -0.3 is 9.47 Å². The Kier molecular flexibility index (Phi) is 7.44. The predicted molar refractivity (Wildman–Crippen MR) is 117 cm³/mol. The van der Waals surface area contributed by atoms with E-state index in [1.54, 1.807) is 12.1 Å². The van der Waals surface area contributed by atoms with Crippen molar-refractivity contribution in [2.45, 2.75) is 11.5 Å². The number of rotatable bonds is 7. The van der Waals surface area contributed by atoms with Gasteiger partial charge in [-0.05, 0) is 54.1 Å². The fraction of sp³-hybridized carbons (Fsp3) is 0.125. The van der Waals surface area contributed by atoms with Crippen LogP contribution in [0.15, 0.2) is 83.8 Å². The van der Waals surface area contributed by atoms with Crippen LogP contribution in [0.25, 0.3) is 0 Å². The molecule has 0 amide bonds. The number of nitrogens with one attached hydrogen (secondary N) is 1. The molecule has 0 spiro atoms. The van der Waals surface area contributed by atoms with Crippen LogP contribution < -0.4 is 9.46 Å². The molecule has 7 heteroatoms. The lowest BCUT2D eigenvalue weighted by Crippen LogP contribution is -2.30. The van der Waals surface area contributed by atoms with Crippen LogP contribution in [0.3, 0.4) is 0 Å². The van der Waals surface area contributed by atoms with Gasteiger partial charge in [-0.15, -0.1) is 0 Å². The molecule has 158 valence electrons. The first kappa shape index (κ1) is 22.1. The standard InChI is InChI=1S/C24H21NO5S/c1-29-24(26)17-25-31(27,28)23-15-11-20(12-16-23)8-7-19-9-13-22(14-10-19)30-18-21-5-3-2-4-6-21/h2-6,9-16,25H,17-18H2,1H3. The van der Waals surface area contributed by atoms with E-state index >= 15 is 0 Å². The monoisotopic (exact) mass is 435 g/mol. The lowest BCUT2D eigenvalue weighted by Gasteiger charge is -2.06. The average molecular weight is 436 g/mol. The zero-order chi connectivity index (χ0) is 22.1. The van der Waals surface area contributed by atoms with E-state index in [1.807, 2.05) is 54.6 Å². The quantitative estimate of drug-likeness (QED) is 0.456. The highest BCUT2D eigenvalue weighted by Crippen LogP contribution is 2.14. The lowest BCUT2D eigenvalue weighted by molar-refractivity contribution is -0.139.